The van der Waals surface area contributed by atoms with Gasteiger partial charge in [-0.1, -0.05) is 24.4 Å². The van der Waals surface area contributed by atoms with E-state index < -0.39 is 0 Å². The summed E-state index contributed by atoms with van der Waals surface area (Å²) in [5, 5.41) is 9.06. The number of nitrogens with two attached hydrogens (primary N) is 1. The molecule has 2 aromatic rings. The van der Waals surface area contributed by atoms with E-state index >= 15 is 0 Å². The van der Waals surface area contributed by atoms with Crippen molar-refractivity contribution in [2.24, 2.45) is 5.73 Å². The first-order valence-electron chi connectivity index (χ1n) is 5.32. The second-order valence-electron chi connectivity index (χ2n) is 3.64. The first kappa shape index (κ1) is 12.5. The van der Waals surface area contributed by atoms with Crippen LogP contribution >= 0.6 is 12.2 Å². The molecule has 0 aliphatic heterocycles. The van der Waals surface area contributed by atoms with E-state index in [1.807, 2.05) is 6.07 Å². The number of nitrogens with zero attached hydrogens (tertiary/aromatic N) is 1. The van der Waals surface area contributed by atoms with Gasteiger partial charge in [0.1, 0.15) is 10.7 Å². The molecule has 1 aromatic carbocycles. The van der Waals surface area contributed by atoms with Crippen molar-refractivity contribution in [3.05, 3.63) is 53.9 Å². The predicted octanol–water partition coefficient (Wildman–Crippen LogP) is 2.00. The van der Waals surface area contributed by atoms with Crippen molar-refractivity contribution in [3.8, 4) is 11.5 Å². The highest BCUT2D eigenvalue weighted by Gasteiger charge is 2.07. The van der Waals surface area contributed by atoms with Gasteiger partial charge in [0, 0.05) is 6.20 Å². The maximum absolute atomic E-state index is 9.06. The molecule has 0 unspecified atom stereocenters. The lowest BCUT2D eigenvalue weighted by molar-refractivity contribution is 0.281. The molecule has 0 saturated heterocycles. The van der Waals surface area contributed by atoms with Crippen molar-refractivity contribution in [1.82, 2.24) is 4.98 Å². The third-order valence-corrected chi connectivity index (χ3v) is 2.58. The normalized spacial score (nSPS) is 10.1. The average molecular weight is 260 g/mol. The summed E-state index contributed by atoms with van der Waals surface area (Å²) in [7, 11) is 0. The largest absolute Gasteiger partial charge is 0.455 e. The van der Waals surface area contributed by atoms with E-state index in [0.717, 1.165) is 5.56 Å². The third kappa shape index (κ3) is 2.82. The number of aliphatic hydroxyl groups is 1. The summed E-state index contributed by atoms with van der Waals surface area (Å²) in [5.41, 5.74) is 7.01. The number of rotatable bonds is 4. The Bertz CT molecular complexity index is 572. The van der Waals surface area contributed by atoms with Gasteiger partial charge in [-0.25, -0.2) is 0 Å². The Morgan fingerprint density at radius 1 is 1.39 bits per heavy atom. The van der Waals surface area contributed by atoms with Crippen molar-refractivity contribution >= 4 is 17.2 Å². The zero-order chi connectivity index (χ0) is 13.0. The summed E-state index contributed by atoms with van der Waals surface area (Å²) in [5.74, 6) is 1.10. The number of benzene rings is 1. The SMILES string of the molecule is NC(=S)c1ccncc1Oc1cccc(CO)c1. The van der Waals surface area contributed by atoms with Crippen LogP contribution in [0.5, 0.6) is 11.5 Å². The van der Waals surface area contributed by atoms with Crippen LogP contribution in [-0.2, 0) is 6.61 Å². The lowest BCUT2D eigenvalue weighted by Gasteiger charge is -2.10. The molecule has 1 aromatic heterocycles. The molecule has 0 spiro atoms. The van der Waals surface area contributed by atoms with Gasteiger partial charge in [-0.3, -0.25) is 4.98 Å². The second kappa shape index (κ2) is 5.57. The van der Waals surface area contributed by atoms with Crippen molar-refractivity contribution in [3.63, 3.8) is 0 Å². The first-order chi connectivity index (χ1) is 8.70. The number of ether oxygens (including phenoxy) is 1. The molecule has 5 heteroatoms. The second-order valence-corrected chi connectivity index (χ2v) is 4.08. The summed E-state index contributed by atoms with van der Waals surface area (Å²) in [6.07, 6.45) is 3.16. The van der Waals surface area contributed by atoms with Crippen molar-refractivity contribution in [2.75, 3.05) is 0 Å². The van der Waals surface area contributed by atoms with Gasteiger partial charge in [0.2, 0.25) is 0 Å². The van der Waals surface area contributed by atoms with Crippen LogP contribution in [0.4, 0.5) is 0 Å². The molecule has 0 saturated carbocycles. The van der Waals surface area contributed by atoms with Gasteiger partial charge in [-0.2, -0.15) is 0 Å². The van der Waals surface area contributed by atoms with Gasteiger partial charge in [0.15, 0.2) is 5.75 Å². The Morgan fingerprint density at radius 3 is 2.94 bits per heavy atom. The minimum Gasteiger partial charge on any atom is -0.455 e. The van der Waals surface area contributed by atoms with Gasteiger partial charge in [0.05, 0.1) is 18.4 Å². The Hall–Kier alpha value is -1.98. The molecule has 0 bridgehead atoms. The van der Waals surface area contributed by atoms with Gasteiger partial charge < -0.3 is 15.6 Å². The van der Waals surface area contributed by atoms with E-state index in [-0.39, 0.29) is 11.6 Å². The van der Waals surface area contributed by atoms with E-state index in [9.17, 15) is 0 Å². The minimum absolute atomic E-state index is 0.0353. The highest BCUT2D eigenvalue weighted by molar-refractivity contribution is 7.80. The number of thiocarbonyl (C=S) groups is 1. The molecule has 3 N–H and O–H groups in total. The van der Waals surface area contributed by atoms with Gasteiger partial charge in [-0.05, 0) is 23.8 Å². The predicted molar refractivity (Wildman–Crippen MR) is 72.6 cm³/mol. The van der Waals surface area contributed by atoms with Crippen LogP contribution in [-0.4, -0.2) is 15.1 Å². The maximum atomic E-state index is 9.06. The molecular formula is C13H12N2O2S. The summed E-state index contributed by atoms with van der Waals surface area (Å²) < 4.78 is 5.67. The van der Waals surface area contributed by atoms with Crippen molar-refractivity contribution < 1.29 is 9.84 Å². The van der Waals surface area contributed by atoms with Crippen LogP contribution in [0, 0.1) is 0 Å². The highest BCUT2D eigenvalue weighted by Crippen LogP contribution is 2.25. The van der Waals surface area contributed by atoms with E-state index in [0.29, 0.717) is 17.1 Å². The molecule has 0 radical (unpaired) electrons. The fraction of sp³-hybridized carbons (Fsp3) is 0.0769. The summed E-state index contributed by atoms with van der Waals surface area (Å²) in [6, 6.07) is 8.85. The van der Waals surface area contributed by atoms with E-state index in [2.05, 4.69) is 4.98 Å². The Labute approximate surface area is 110 Å². The number of aromatic nitrogens is 1. The number of aliphatic hydroxyl groups excluding tert-OH is 1. The quantitative estimate of drug-likeness (QED) is 0.823. The lowest BCUT2D eigenvalue weighted by Crippen LogP contribution is -2.10. The van der Waals surface area contributed by atoms with Crippen LogP contribution in [0.15, 0.2) is 42.7 Å². The smallest absolute Gasteiger partial charge is 0.155 e. The van der Waals surface area contributed by atoms with Crippen LogP contribution in [0.1, 0.15) is 11.1 Å². The first-order valence-corrected chi connectivity index (χ1v) is 5.73. The maximum Gasteiger partial charge on any atom is 0.155 e. The molecule has 0 fully saturated rings. The number of hydrogen-bond donors (Lipinski definition) is 2. The molecule has 1 heterocycles. The standard InChI is InChI=1S/C13H12N2O2S/c14-13(18)11-4-5-15-7-12(11)17-10-3-1-2-9(6-10)8-16/h1-7,16H,8H2,(H2,14,18). The highest BCUT2D eigenvalue weighted by atomic mass is 32.1. The van der Waals surface area contributed by atoms with Crippen LogP contribution in [0.2, 0.25) is 0 Å². The molecule has 0 amide bonds. The van der Waals surface area contributed by atoms with E-state index in [1.165, 1.54) is 0 Å². The molecule has 2 rings (SSSR count). The van der Waals surface area contributed by atoms with Crippen molar-refractivity contribution in [1.29, 1.82) is 0 Å². The van der Waals surface area contributed by atoms with Crippen LogP contribution < -0.4 is 10.5 Å². The lowest BCUT2D eigenvalue weighted by atomic mass is 10.2. The number of hydrogen-bond acceptors (Lipinski definition) is 4. The van der Waals surface area contributed by atoms with Crippen molar-refractivity contribution in [2.45, 2.75) is 6.61 Å². The molecule has 4 nitrogen and oxygen atoms in total. The Morgan fingerprint density at radius 2 is 2.22 bits per heavy atom. The molecular weight excluding hydrogens is 248 g/mol. The summed E-state index contributed by atoms with van der Waals surface area (Å²) >= 11 is 4.94. The summed E-state index contributed by atoms with van der Waals surface area (Å²) in [4.78, 5) is 4.23. The Balaban J connectivity index is 2.31. The molecule has 92 valence electrons. The number of pyridine rings is 1. The molecule has 0 aliphatic rings. The van der Waals surface area contributed by atoms with Gasteiger partial charge >= 0.3 is 0 Å². The molecule has 0 atom stereocenters. The zero-order valence-corrected chi connectivity index (χ0v) is 10.4. The zero-order valence-electron chi connectivity index (χ0n) is 9.54. The third-order valence-electron chi connectivity index (χ3n) is 2.36. The minimum atomic E-state index is -0.0353. The fourth-order valence-corrected chi connectivity index (χ4v) is 1.67. The monoisotopic (exact) mass is 260 g/mol. The molecule has 0 aliphatic carbocycles. The Kier molecular flexibility index (Phi) is 3.86. The van der Waals surface area contributed by atoms with E-state index in [1.54, 1.807) is 36.7 Å². The van der Waals surface area contributed by atoms with E-state index in [4.69, 9.17) is 27.8 Å². The summed E-state index contributed by atoms with van der Waals surface area (Å²) in [6.45, 7) is -0.0353. The van der Waals surface area contributed by atoms with Gasteiger partial charge in [-0.15, -0.1) is 0 Å². The molecule has 18 heavy (non-hydrogen) atoms. The fourth-order valence-electron chi connectivity index (χ4n) is 1.50. The topological polar surface area (TPSA) is 68.4 Å². The van der Waals surface area contributed by atoms with Crippen LogP contribution in [0.3, 0.4) is 0 Å². The van der Waals surface area contributed by atoms with Crippen LogP contribution in [0.25, 0.3) is 0 Å². The van der Waals surface area contributed by atoms with Gasteiger partial charge in [0.25, 0.3) is 0 Å². The average Bonchev–Trinajstić information content (AvgIpc) is 2.39.